The van der Waals surface area contributed by atoms with Gasteiger partial charge < -0.3 is 4.90 Å². The maximum Gasteiger partial charge on any atom is 0.253 e. The highest BCUT2D eigenvalue weighted by atomic mass is 19.2. The van der Waals surface area contributed by atoms with Crippen molar-refractivity contribution in [1.29, 1.82) is 5.26 Å². The topological polar surface area (TPSA) is 39.9 Å². The van der Waals surface area contributed by atoms with E-state index in [2.05, 4.69) is 4.98 Å². The van der Waals surface area contributed by atoms with Crippen LogP contribution in [0.1, 0.15) is 30.5 Å². The van der Waals surface area contributed by atoms with Gasteiger partial charge in [0.2, 0.25) is 5.95 Å². The van der Waals surface area contributed by atoms with E-state index in [1.54, 1.807) is 30.3 Å². The number of nitriles is 1. The molecule has 4 rings (SSSR count). The van der Waals surface area contributed by atoms with Crippen molar-refractivity contribution < 1.29 is 13.2 Å². The van der Waals surface area contributed by atoms with Crippen LogP contribution in [0.15, 0.2) is 48.5 Å². The Morgan fingerprint density at radius 3 is 1.93 bits per heavy atom. The fraction of sp³-hybridized carbons (Fsp3) is 0.143. The van der Waals surface area contributed by atoms with Crippen molar-refractivity contribution in [3.8, 4) is 6.07 Å². The van der Waals surface area contributed by atoms with Crippen molar-refractivity contribution in [2.75, 3.05) is 4.90 Å². The van der Waals surface area contributed by atoms with Crippen molar-refractivity contribution in [2.45, 2.75) is 19.3 Å². The number of fused-ring (bicyclic) bond motifs is 2. The van der Waals surface area contributed by atoms with E-state index in [0.717, 1.165) is 11.1 Å². The average molecular weight is 365 g/mol. The zero-order valence-electron chi connectivity index (χ0n) is 14.6. The molecule has 3 aromatic rings. The van der Waals surface area contributed by atoms with Gasteiger partial charge in [0.1, 0.15) is 17.3 Å². The molecule has 0 unspecified atom stereocenters. The van der Waals surface area contributed by atoms with E-state index in [1.165, 1.54) is 4.90 Å². The number of benzene rings is 2. The molecule has 2 aromatic carbocycles. The highest BCUT2D eigenvalue weighted by molar-refractivity contribution is 5.87. The number of hydrogen-bond donors (Lipinski definition) is 0. The Labute approximate surface area is 154 Å². The van der Waals surface area contributed by atoms with E-state index in [4.69, 9.17) is 0 Å². The Morgan fingerprint density at radius 2 is 1.41 bits per heavy atom. The van der Waals surface area contributed by atoms with Crippen LogP contribution in [0.25, 0.3) is 0 Å². The number of halogens is 3. The zero-order chi connectivity index (χ0) is 19.3. The molecule has 0 saturated carbocycles. The molecule has 134 valence electrons. The largest absolute Gasteiger partial charge is 0.305 e. The van der Waals surface area contributed by atoms with Gasteiger partial charge in [0, 0.05) is 5.41 Å². The minimum Gasteiger partial charge on any atom is -0.305 e. The summed E-state index contributed by atoms with van der Waals surface area (Å²) in [6, 6.07) is 16.2. The van der Waals surface area contributed by atoms with Crippen molar-refractivity contribution in [3.05, 3.63) is 82.9 Å². The van der Waals surface area contributed by atoms with Gasteiger partial charge in [0.25, 0.3) is 5.95 Å². The molecule has 6 heteroatoms. The lowest BCUT2D eigenvalue weighted by Crippen LogP contribution is -2.31. The molecule has 0 aliphatic carbocycles. The first kappa shape index (κ1) is 17.1. The first-order valence-electron chi connectivity index (χ1n) is 8.31. The number of rotatable bonds is 1. The molecular weight excluding hydrogens is 351 g/mol. The molecule has 0 N–H and O–H groups in total. The van der Waals surface area contributed by atoms with Crippen molar-refractivity contribution in [1.82, 2.24) is 4.98 Å². The number of nitrogens with zero attached hydrogens (tertiary/aromatic N) is 3. The summed E-state index contributed by atoms with van der Waals surface area (Å²) < 4.78 is 42.6. The molecule has 1 aliphatic rings. The summed E-state index contributed by atoms with van der Waals surface area (Å²) in [5.74, 6) is -4.34. The summed E-state index contributed by atoms with van der Waals surface area (Å²) in [5, 5.41) is 9.40. The van der Waals surface area contributed by atoms with Crippen LogP contribution in [-0.2, 0) is 5.41 Å². The standard InChI is InChI=1S/C21H14F3N3/c1-21(2)13-7-3-5-9-15(13)27(16-10-6-4-8-14(16)21)18-12(11-25)17(22)19(23)26-20(18)24/h3-10H,1-2H3. The van der Waals surface area contributed by atoms with E-state index >= 15 is 0 Å². The Kier molecular flexibility index (Phi) is 3.70. The number of hydrogen-bond acceptors (Lipinski definition) is 3. The van der Waals surface area contributed by atoms with Crippen LogP contribution in [-0.4, -0.2) is 4.98 Å². The number of pyridine rings is 1. The maximum absolute atomic E-state index is 14.7. The lowest BCUT2D eigenvalue weighted by molar-refractivity contribution is 0.446. The molecule has 1 aliphatic heterocycles. The molecule has 0 atom stereocenters. The molecule has 0 saturated heterocycles. The highest BCUT2D eigenvalue weighted by Gasteiger charge is 2.39. The smallest absolute Gasteiger partial charge is 0.253 e. The fourth-order valence-corrected chi connectivity index (χ4v) is 3.71. The highest BCUT2D eigenvalue weighted by Crippen LogP contribution is 2.52. The van der Waals surface area contributed by atoms with Crippen LogP contribution >= 0.6 is 0 Å². The minimum absolute atomic E-state index is 0.396. The second kappa shape index (κ2) is 5.85. The first-order valence-corrected chi connectivity index (χ1v) is 8.31. The van der Waals surface area contributed by atoms with Gasteiger partial charge in [-0.3, -0.25) is 0 Å². The van der Waals surface area contributed by atoms with Gasteiger partial charge in [-0.05, 0) is 23.3 Å². The third-order valence-electron chi connectivity index (χ3n) is 5.00. The maximum atomic E-state index is 14.7. The quantitative estimate of drug-likeness (QED) is 0.536. The van der Waals surface area contributed by atoms with Gasteiger partial charge in [-0.15, -0.1) is 0 Å². The Morgan fingerprint density at radius 1 is 0.889 bits per heavy atom. The summed E-state index contributed by atoms with van der Waals surface area (Å²) in [7, 11) is 0. The van der Waals surface area contributed by atoms with Crippen LogP contribution in [0.3, 0.4) is 0 Å². The molecule has 0 radical (unpaired) electrons. The fourth-order valence-electron chi connectivity index (χ4n) is 3.71. The molecule has 1 aromatic heterocycles. The molecule has 0 amide bonds. The normalized spacial score (nSPS) is 14.3. The molecule has 0 spiro atoms. The van der Waals surface area contributed by atoms with Crippen LogP contribution in [0, 0.1) is 29.0 Å². The summed E-state index contributed by atoms with van der Waals surface area (Å²) in [4.78, 5) is 4.48. The van der Waals surface area contributed by atoms with E-state index in [1.807, 2.05) is 38.1 Å². The Balaban J connectivity index is 2.14. The van der Waals surface area contributed by atoms with Crippen LogP contribution < -0.4 is 4.90 Å². The monoisotopic (exact) mass is 365 g/mol. The Bertz CT molecular complexity index is 1070. The van der Waals surface area contributed by atoms with E-state index in [9.17, 15) is 18.4 Å². The molecular formula is C21H14F3N3. The van der Waals surface area contributed by atoms with Crippen LogP contribution in [0.2, 0.25) is 0 Å². The van der Waals surface area contributed by atoms with Gasteiger partial charge >= 0.3 is 0 Å². The van der Waals surface area contributed by atoms with Gasteiger partial charge in [0.15, 0.2) is 5.82 Å². The summed E-state index contributed by atoms with van der Waals surface area (Å²) in [6.45, 7) is 4.07. The van der Waals surface area contributed by atoms with Gasteiger partial charge in [-0.25, -0.2) is 4.39 Å². The second-order valence-corrected chi connectivity index (χ2v) is 6.84. The number of anilines is 3. The van der Waals surface area contributed by atoms with Gasteiger partial charge in [-0.2, -0.15) is 19.0 Å². The Hall–Kier alpha value is -3.33. The minimum atomic E-state index is -1.63. The third kappa shape index (κ3) is 2.32. The van der Waals surface area contributed by atoms with E-state index in [0.29, 0.717) is 11.4 Å². The predicted octanol–water partition coefficient (Wildman–Crippen LogP) is 5.48. The van der Waals surface area contributed by atoms with Crippen molar-refractivity contribution in [2.24, 2.45) is 0 Å². The lowest BCUT2D eigenvalue weighted by atomic mass is 9.73. The molecule has 27 heavy (non-hydrogen) atoms. The van der Waals surface area contributed by atoms with Gasteiger partial charge in [-0.1, -0.05) is 50.2 Å². The average Bonchev–Trinajstić information content (AvgIpc) is 2.66. The molecule has 0 bridgehead atoms. The van der Waals surface area contributed by atoms with Crippen molar-refractivity contribution in [3.63, 3.8) is 0 Å². The zero-order valence-corrected chi connectivity index (χ0v) is 14.6. The molecule has 0 fully saturated rings. The summed E-state index contributed by atoms with van der Waals surface area (Å²) in [6.07, 6.45) is 0. The van der Waals surface area contributed by atoms with Gasteiger partial charge in [0.05, 0.1) is 11.4 Å². The molecule has 3 nitrogen and oxygen atoms in total. The lowest BCUT2D eigenvalue weighted by Gasteiger charge is -2.42. The third-order valence-corrected chi connectivity index (χ3v) is 5.00. The van der Waals surface area contributed by atoms with Crippen molar-refractivity contribution >= 4 is 17.1 Å². The van der Waals surface area contributed by atoms with Crippen LogP contribution in [0.4, 0.5) is 30.2 Å². The van der Waals surface area contributed by atoms with E-state index < -0.39 is 34.4 Å². The second-order valence-electron chi connectivity index (χ2n) is 6.84. The number of aromatic nitrogens is 1. The van der Waals surface area contributed by atoms with E-state index in [-0.39, 0.29) is 0 Å². The summed E-state index contributed by atoms with van der Waals surface area (Å²) in [5.41, 5.74) is 1.40. The SMILES string of the molecule is CC1(C)c2ccccc2N(c2c(F)nc(F)c(F)c2C#N)c2ccccc21. The predicted molar refractivity (Wildman–Crippen MR) is 95.6 cm³/mol. The molecule has 2 heterocycles. The number of para-hydroxylation sites is 2. The summed E-state index contributed by atoms with van der Waals surface area (Å²) >= 11 is 0. The van der Waals surface area contributed by atoms with Crippen LogP contribution in [0.5, 0.6) is 0 Å². The first-order chi connectivity index (χ1) is 12.9.